The van der Waals surface area contributed by atoms with Crippen LogP contribution < -0.4 is 15.5 Å². The van der Waals surface area contributed by atoms with Gasteiger partial charge in [-0.15, -0.1) is 0 Å². The van der Waals surface area contributed by atoms with Gasteiger partial charge in [-0.05, 0) is 24.3 Å². The number of rotatable bonds is 6. The monoisotopic (exact) mass is 347 g/mol. The Morgan fingerprint density at radius 2 is 1.92 bits per heavy atom. The van der Waals surface area contributed by atoms with Crippen LogP contribution in [0.4, 0.5) is 5.69 Å². The molecule has 0 fully saturated rings. The number of halogens is 1. The summed E-state index contributed by atoms with van der Waals surface area (Å²) in [6.07, 6.45) is 1.57. The van der Waals surface area contributed by atoms with Gasteiger partial charge in [0, 0.05) is 24.4 Å². The zero-order valence-corrected chi connectivity index (χ0v) is 14.4. The fourth-order valence-corrected chi connectivity index (χ4v) is 2.44. The molecule has 2 amide bonds. The van der Waals surface area contributed by atoms with Gasteiger partial charge in [0.1, 0.15) is 6.54 Å². The van der Waals surface area contributed by atoms with Crippen LogP contribution in [0.25, 0.3) is 0 Å². The van der Waals surface area contributed by atoms with E-state index in [-0.39, 0.29) is 17.0 Å². The molecule has 3 N–H and O–H groups in total. The van der Waals surface area contributed by atoms with Gasteiger partial charge in [-0.1, -0.05) is 23.7 Å². The van der Waals surface area contributed by atoms with Crippen molar-refractivity contribution in [3.63, 3.8) is 0 Å². The second kappa shape index (κ2) is 8.42. The minimum absolute atomic E-state index is 0.116. The van der Waals surface area contributed by atoms with Gasteiger partial charge in [-0.2, -0.15) is 0 Å². The van der Waals surface area contributed by atoms with E-state index in [1.807, 2.05) is 19.2 Å². The third kappa shape index (κ3) is 5.04. The summed E-state index contributed by atoms with van der Waals surface area (Å²) in [4.78, 5) is 28.5. The van der Waals surface area contributed by atoms with Crippen molar-refractivity contribution < 1.29 is 14.5 Å². The lowest BCUT2D eigenvalue weighted by molar-refractivity contribution is -0.885. The highest BCUT2D eigenvalue weighted by Gasteiger charge is 2.13. The summed E-state index contributed by atoms with van der Waals surface area (Å²) in [6.45, 7) is 0.963. The van der Waals surface area contributed by atoms with Crippen LogP contribution in [0, 0.1) is 0 Å². The van der Waals surface area contributed by atoms with Gasteiger partial charge in [0.15, 0.2) is 11.7 Å². The first-order chi connectivity index (χ1) is 11.5. The number of anilines is 1. The lowest BCUT2D eigenvalue weighted by Gasteiger charge is -2.14. The Morgan fingerprint density at radius 3 is 2.54 bits per heavy atom. The molecule has 1 heterocycles. The van der Waals surface area contributed by atoms with Crippen molar-refractivity contribution in [2.24, 2.45) is 0 Å². The second-order valence-corrected chi connectivity index (χ2v) is 5.83. The number of carbonyl (C=O) groups is 2. The fourth-order valence-electron chi connectivity index (χ4n) is 2.28. The van der Waals surface area contributed by atoms with Crippen LogP contribution in [0.5, 0.6) is 0 Å². The van der Waals surface area contributed by atoms with E-state index < -0.39 is 0 Å². The van der Waals surface area contributed by atoms with Crippen LogP contribution >= 0.6 is 11.6 Å². The lowest BCUT2D eigenvalue weighted by atomic mass is 10.1. The molecule has 0 aliphatic heterocycles. The topological polar surface area (TPSA) is 75.5 Å². The van der Waals surface area contributed by atoms with Crippen LogP contribution in [0.1, 0.15) is 15.9 Å². The Bertz CT molecular complexity index is 719. The van der Waals surface area contributed by atoms with Gasteiger partial charge >= 0.3 is 0 Å². The number of benzene rings is 1. The highest BCUT2D eigenvalue weighted by atomic mass is 35.5. The number of nitrogens with zero attached hydrogens (tertiary/aromatic N) is 1. The van der Waals surface area contributed by atoms with E-state index >= 15 is 0 Å². The van der Waals surface area contributed by atoms with Gasteiger partial charge < -0.3 is 15.5 Å². The van der Waals surface area contributed by atoms with E-state index in [1.165, 1.54) is 0 Å². The molecule has 1 aromatic carbocycles. The largest absolute Gasteiger partial charge is 0.355 e. The molecule has 0 radical (unpaired) electrons. The van der Waals surface area contributed by atoms with E-state index in [9.17, 15) is 9.59 Å². The average Bonchev–Trinajstić information content (AvgIpc) is 2.56. The third-order valence-corrected chi connectivity index (χ3v) is 3.75. The van der Waals surface area contributed by atoms with E-state index in [0.29, 0.717) is 24.3 Å². The molecule has 1 aromatic heterocycles. The first-order valence-corrected chi connectivity index (χ1v) is 7.90. The molecule has 0 bridgehead atoms. The smallest absolute Gasteiger partial charge is 0.279 e. The van der Waals surface area contributed by atoms with Crippen molar-refractivity contribution in [2.45, 2.75) is 6.54 Å². The normalized spacial score (nSPS) is 11.6. The molecule has 2 rings (SSSR count). The quantitative estimate of drug-likeness (QED) is 0.675. The zero-order chi connectivity index (χ0) is 17.5. The molecule has 0 aliphatic rings. The molecule has 0 spiro atoms. The second-order valence-electron chi connectivity index (χ2n) is 5.48. The van der Waals surface area contributed by atoms with Crippen molar-refractivity contribution in [3.8, 4) is 0 Å². The number of carbonyl (C=O) groups excluding carboxylic acids is 2. The maximum Gasteiger partial charge on any atom is 0.279 e. The number of hydrogen-bond donors (Lipinski definition) is 3. The number of quaternary nitrogens is 1. The van der Waals surface area contributed by atoms with Crippen molar-refractivity contribution >= 4 is 29.1 Å². The van der Waals surface area contributed by atoms with Crippen LogP contribution in [-0.4, -0.2) is 37.4 Å². The number of hydrogen-bond acceptors (Lipinski definition) is 3. The molecule has 6 nitrogen and oxygen atoms in total. The van der Waals surface area contributed by atoms with Gasteiger partial charge in [0.25, 0.3) is 11.8 Å². The zero-order valence-electron chi connectivity index (χ0n) is 13.6. The maximum atomic E-state index is 12.1. The average molecular weight is 348 g/mol. The molecule has 1 unspecified atom stereocenters. The van der Waals surface area contributed by atoms with E-state index in [2.05, 4.69) is 15.6 Å². The number of nitrogens with one attached hydrogen (secondary N) is 3. The molecule has 2 aromatic rings. The molecule has 126 valence electrons. The van der Waals surface area contributed by atoms with Crippen molar-refractivity contribution in [1.82, 2.24) is 10.3 Å². The molecule has 7 heteroatoms. The molecular formula is C17H20ClN4O2+. The summed E-state index contributed by atoms with van der Waals surface area (Å²) >= 11 is 5.92. The minimum atomic E-state index is -0.135. The first-order valence-electron chi connectivity index (χ1n) is 7.52. The summed E-state index contributed by atoms with van der Waals surface area (Å²) in [7, 11) is 3.53. The molecule has 24 heavy (non-hydrogen) atoms. The van der Waals surface area contributed by atoms with Gasteiger partial charge in [-0.3, -0.25) is 9.59 Å². The van der Waals surface area contributed by atoms with Crippen molar-refractivity contribution in [2.75, 3.05) is 26.0 Å². The Morgan fingerprint density at radius 1 is 1.21 bits per heavy atom. The summed E-state index contributed by atoms with van der Waals surface area (Å²) < 4.78 is 0. The van der Waals surface area contributed by atoms with Crippen LogP contribution in [0.3, 0.4) is 0 Å². The Hall–Kier alpha value is -2.44. The summed E-state index contributed by atoms with van der Waals surface area (Å²) in [5, 5.41) is 5.61. The van der Waals surface area contributed by atoms with Crippen LogP contribution in [0.2, 0.25) is 5.15 Å². The first kappa shape index (κ1) is 17.9. The van der Waals surface area contributed by atoms with Crippen LogP contribution in [0.15, 0.2) is 42.6 Å². The van der Waals surface area contributed by atoms with E-state index in [4.69, 9.17) is 11.6 Å². The number of aromatic nitrogens is 1. The number of amides is 2. The predicted molar refractivity (Wildman–Crippen MR) is 93.2 cm³/mol. The van der Waals surface area contributed by atoms with Crippen LogP contribution in [-0.2, 0) is 11.3 Å². The maximum absolute atomic E-state index is 12.1. The molecule has 0 aliphatic carbocycles. The van der Waals surface area contributed by atoms with Gasteiger partial charge in [0.05, 0.1) is 12.7 Å². The van der Waals surface area contributed by atoms with Gasteiger partial charge in [-0.25, -0.2) is 4.98 Å². The minimum Gasteiger partial charge on any atom is -0.355 e. The van der Waals surface area contributed by atoms with E-state index in [1.54, 1.807) is 37.5 Å². The van der Waals surface area contributed by atoms with E-state index in [0.717, 1.165) is 10.5 Å². The summed E-state index contributed by atoms with van der Waals surface area (Å²) in [5.41, 5.74) is 2.17. The summed E-state index contributed by atoms with van der Waals surface area (Å²) in [6, 6.07) is 10.8. The van der Waals surface area contributed by atoms with Crippen molar-refractivity contribution in [1.29, 1.82) is 0 Å². The standard InChI is InChI=1S/C17H19ClN4O2/c1-19-17(24)13-7-5-12(6-8-13)10-22(2)11-15(23)21-14-4-3-9-20-16(14)18/h3-9H,10-11H2,1-2H3,(H,19,24)(H,21,23)/p+1. The Kier molecular flexibility index (Phi) is 6.28. The lowest BCUT2D eigenvalue weighted by Crippen LogP contribution is -3.08. The number of pyridine rings is 1. The number of likely N-dealkylation sites (N-methyl/N-ethyl adjacent to an activating group) is 1. The predicted octanol–water partition coefficient (Wildman–Crippen LogP) is 0.748. The Balaban J connectivity index is 1.88. The highest BCUT2D eigenvalue weighted by Crippen LogP contribution is 2.16. The molecule has 0 saturated heterocycles. The third-order valence-electron chi connectivity index (χ3n) is 3.44. The van der Waals surface area contributed by atoms with Crippen molar-refractivity contribution in [3.05, 3.63) is 58.9 Å². The van der Waals surface area contributed by atoms with Gasteiger partial charge in [0.2, 0.25) is 0 Å². The molecule has 1 atom stereocenters. The molecular weight excluding hydrogens is 328 g/mol. The molecule has 0 saturated carbocycles. The fraction of sp³-hybridized carbons (Fsp3) is 0.235. The SMILES string of the molecule is CNC(=O)c1ccc(C[NH+](C)CC(=O)Nc2cccnc2Cl)cc1. The Labute approximate surface area is 145 Å². The highest BCUT2D eigenvalue weighted by molar-refractivity contribution is 6.32. The summed E-state index contributed by atoms with van der Waals surface area (Å²) in [5.74, 6) is -0.251.